The Morgan fingerprint density at radius 1 is 1.65 bits per heavy atom. The Labute approximate surface area is 114 Å². The van der Waals surface area contributed by atoms with Crippen molar-refractivity contribution in [3.63, 3.8) is 0 Å². The molecule has 0 radical (unpaired) electrons. The molecule has 1 aromatic rings. The maximum atomic E-state index is 6.02. The Bertz CT molecular complexity index is 392. The van der Waals surface area contributed by atoms with Crippen LogP contribution in [0.2, 0.25) is 0 Å². The second-order valence-electron chi connectivity index (χ2n) is 4.80. The summed E-state index contributed by atoms with van der Waals surface area (Å²) in [4.78, 5) is 0. The third kappa shape index (κ3) is 2.39. The number of ether oxygens (including phenoxy) is 1. The second-order valence-corrected chi connectivity index (χ2v) is 6.47. The average molecular weight is 318 g/mol. The van der Waals surface area contributed by atoms with Crippen LogP contribution < -0.4 is 0 Å². The highest BCUT2D eigenvalue weighted by atomic mass is 79.9. The van der Waals surface area contributed by atoms with E-state index in [-0.39, 0.29) is 5.60 Å². The summed E-state index contributed by atoms with van der Waals surface area (Å²) in [5, 5.41) is 9.16. The molecule has 94 valence electrons. The minimum atomic E-state index is 0.119. The molecule has 1 spiro atoms. The van der Waals surface area contributed by atoms with Crippen LogP contribution in [0.1, 0.15) is 31.0 Å². The fourth-order valence-corrected chi connectivity index (χ4v) is 4.28. The number of nitrogens with zero attached hydrogens (tertiary/aromatic N) is 3. The van der Waals surface area contributed by atoms with Crippen LogP contribution in [0.3, 0.4) is 0 Å². The summed E-state index contributed by atoms with van der Waals surface area (Å²) < 4.78 is 8.05. The van der Waals surface area contributed by atoms with E-state index < -0.39 is 0 Å². The van der Waals surface area contributed by atoms with Gasteiger partial charge >= 0.3 is 0 Å². The molecule has 1 aromatic heterocycles. The van der Waals surface area contributed by atoms with Gasteiger partial charge in [-0.05, 0) is 25.0 Å². The van der Waals surface area contributed by atoms with Gasteiger partial charge in [0.2, 0.25) is 0 Å². The molecule has 17 heavy (non-hydrogen) atoms. The fourth-order valence-electron chi connectivity index (χ4n) is 2.64. The molecule has 2 unspecified atom stereocenters. The third-order valence-corrected chi connectivity index (χ3v) is 5.40. The van der Waals surface area contributed by atoms with Crippen molar-refractivity contribution in [2.75, 3.05) is 18.1 Å². The van der Waals surface area contributed by atoms with E-state index >= 15 is 0 Å². The van der Waals surface area contributed by atoms with Crippen LogP contribution in [0.15, 0.2) is 6.20 Å². The molecule has 2 saturated heterocycles. The van der Waals surface area contributed by atoms with E-state index in [1.807, 2.05) is 16.4 Å². The normalized spacial score (nSPS) is 33.4. The van der Waals surface area contributed by atoms with Crippen LogP contribution in [-0.4, -0.2) is 38.7 Å². The number of rotatable bonds is 2. The zero-order valence-corrected chi connectivity index (χ0v) is 12.0. The summed E-state index contributed by atoms with van der Waals surface area (Å²) in [6.07, 6.45) is 5.39. The van der Waals surface area contributed by atoms with Crippen molar-refractivity contribution in [1.82, 2.24) is 15.0 Å². The van der Waals surface area contributed by atoms with Gasteiger partial charge in [-0.3, -0.25) is 0 Å². The van der Waals surface area contributed by atoms with E-state index in [4.69, 9.17) is 4.74 Å². The van der Waals surface area contributed by atoms with Crippen molar-refractivity contribution >= 4 is 27.7 Å². The molecule has 6 heteroatoms. The van der Waals surface area contributed by atoms with Gasteiger partial charge in [-0.1, -0.05) is 21.1 Å². The van der Waals surface area contributed by atoms with Crippen molar-refractivity contribution < 1.29 is 4.74 Å². The van der Waals surface area contributed by atoms with Crippen molar-refractivity contribution in [2.24, 2.45) is 0 Å². The van der Waals surface area contributed by atoms with Crippen LogP contribution >= 0.6 is 27.7 Å². The van der Waals surface area contributed by atoms with Gasteiger partial charge in [-0.15, -0.1) is 5.10 Å². The number of halogens is 1. The molecule has 4 nitrogen and oxygen atoms in total. The van der Waals surface area contributed by atoms with E-state index in [0.717, 1.165) is 36.2 Å². The zero-order chi connectivity index (χ0) is 11.7. The molecule has 0 bridgehead atoms. The molecule has 0 saturated carbocycles. The molecule has 3 rings (SSSR count). The topological polar surface area (TPSA) is 39.9 Å². The molecule has 0 amide bonds. The van der Waals surface area contributed by atoms with Gasteiger partial charge in [0.15, 0.2) is 0 Å². The summed E-state index contributed by atoms with van der Waals surface area (Å²) in [7, 11) is 0. The van der Waals surface area contributed by atoms with Crippen LogP contribution in [0.25, 0.3) is 0 Å². The predicted molar refractivity (Wildman–Crippen MR) is 71.5 cm³/mol. The lowest BCUT2D eigenvalue weighted by molar-refractivity contribution is -0.0780. The predicted octanol–water partition coefficient (Wildman–Crippen LogP) is 2.40. The molecule has 2 aliphatic heterocycles. The molecule has 3 heterocycles. The van der Waals surface area contributed by atoms with Crippen LogP contribution in [-0.2, 0) is 10.1 Å². The summed E-state index contributed by atoms with van der Waals surface area (Å²) in [6, 6.07) is 0.461. The van der Waals surface area contributed by atoms with Crippen molar-refractivity contribution in [3.05, 3.63) is 11.9 Å². The molecule has 0 aliphatic carbocycles. The summed E-state index contributed by atoms with van der Waals surface area (Å²) in [5.74, 6) is 2.38. The SMILES string of the molecule is BrCc1cn(C2CCOC3(CCSC3)C2)nn1. The quantitative estimate of drug-likeness (QED) is 0.785. The largest absolute Gasteiger partial charge is 0.374 e. The highest BCUT2D eigenvalue weighted by Crippen LogP contribution is 2.41. The Kier molecular flexibility index (Phi) is 3.45. The lowest BCUT2D eigenvalue weighted by atomic mass is 9.90. The van der Waals surface area contributed by atoms with E-state index in [1.54, 1.807) is 0 Å². The second kappa shape index (κ2) is 4.90. The van der Waals surface area contributed by atoms with Gasteiger partial charge in [0.25, 0.3) is 0 Å². The van der Waals surface area contributed by atoms with Gasteiger partial charge in [0.1, 0.15) is 0 Å². The first-order chi connectivity index (χ1) is 8.31. The van der Waals surface area contributed by atoms with Gasteiger partial charge in [0, 0.05) is 23.9 Å². The highest BCUT2D eigenvalue weighted by molar-refractivity contribution is 9.08. The minimum Gasteiger partial charge on any atom is -0.374 e. The van der Waals surface area contributed by atoms with Gasteiger partial charge in [0.05, 0.1) is 17.3 Å². The minimum absolute atomic E-state index is 0.119. The molecule has 0 N–H and O–H groups in total. The maximum Gasteiger partial charge on any atom is 0.0932 e. The number of hydrogen-bond acceptors (Lipinski definition) is 4. The number of hydrogen-bond donors (Lipinski definition) is 0. The lowest BCUT2D eigenvalue weighted by Crippen LogP contribution is -2.40. The third-order valence-electron chi connectivity index (χ3n) is 3.60. The number of alkyl halides is 1. The standard InChI is InChI=1S/C11H16BrN3OS/c12-6-9-7-15(14-13-9)10-1-3-16-11(5-10)2-4-17-8-11/h7,10H,1-6,8H2. The van der Waals surface area contributed by atoms with E-state index in [2.05, 4.69) is 32.4 Å². The molecule has 2 atom stereocenters. The van der Waals surface area contributed by atoms with Crippen LogP contribution in [0.5, 0.6) is 0 Å². The Morgan fingerprint density at radius 3 is 3.29 bits per heavy atom. The Balaban J connectivity index is 1.74. The maximum absolute atomic E-state index is 6.02. The highest BCUT2D eigenvalue weighted by Gasteiger charge is 2.41. The van der Waals surface area contributed by atoms with E-state index in [1.165, 1.54) is 12.2 Å². The van der Waals surface area contributed by atoms with Crippen molar-refractivity contribution in [1.29, 1.82) is 0 Å². The molecular formula is C11H16BrN3OS. The monoisotopic (exact) mass is 317 g/mol. The van der Waals surface area contributed by atoms with E-state index in [9.17, 15) is 0 Å². The molecule has 2 aliphatic rings. The summed E-state index contributed by atoms with van der Waals surface area (Å²) >= 11 is 5.42. The van der Waals surface area contributed by atoms with Crippen molar-refractivity contribution in [2.45, 2.75) is 36.2 Å². The average Bonchev–Trinajstić information content (AvgIpc) is 2.99. The smallest absolute Gasteiger partial charge is 0.0932 e. The fraction of sp³-hybridized carbons (Fsp3) is 0.818. The lowest BCUT2D eigenvalue weighted by Gasteiger charge is -2.37. The van der Waals surface area contributed by atoms with E-state index in [0.29, 0.717) is 6.04 Å². The summed E-state index contributed by atoms with van der Waals surface area (Å²) in [5.41, 5.74) is 1.13. The first-order valence-corrected chi connectivity index (χ1v) is 8.27. The number of thioether (sulfide) groups is 1. The zero-order valence-electron chi connectivity index (χ0n) is 9.64. The molecule has 2 fully saturated rings. The molecular weight excluding hydrogens is 302 g/mol. The first-order valence-electron chi connectivity index (χ1n) is 6.00. The Morgan fingerprint density at radius 2 is 2.59 bits per heavy atom. The van der Waals surface area contributed by atoms with Crippen molar-refractivity contribution in [3.8, 4) is 0 Å². The molecule has 0 aromatic carbocycles. The van der Waals surface area contributed by atoms with Crippen LogP contribution in [0, 0.1) is 0 Å². The van der Waals surface area contributed by atoms with Gasteiger partial charge in [-0.2, -0.15) is 11.8 Å². The van der Waals surface area contributed by atoms with Gasteiger partial charge in [-0.25, -0.2) is 4.68 Å². The number of aromatic nitrogens is 3. The first kappa shape index (κ1) is 12.0. The van der Waals surface area contributed by atoms with Crippen LogP contribution in [0.4, 0.5) is 0 Å². The summed E-state index contributed by atoms with van der Waals surface area (Å²) in [6.45, 7) is 0.856. The van der Waals surface area contributed by atoms with Gasteiger partial charge < -0.3 is 4.74 Å². The Hall–Kier alpha value is -0.0700.